The summed E-state index contributed by atoms with van der Waals surface area (Å²) in [6, 6.07) is 18.4. The molecule has 0 bridgehead atoms. The van der Waals surface area contributed by atoms with Crippen LogP contribution in [0.25, 0.3) is 22.0 Å². The third-order valence-electron chi connectivity index (χ3n) is 5.12. The molecule has 4 nitrogen and oxygen atoms in total. The Hall–Kier alpha value is -3.60. The van der Waals surface area contributed by atoms with Crippen LogP contribution in [0.5, 0.6) is 0 Å². The number of amides is 1. The molecular weight excluding hydrogens is 377 g/mol. The van der Waals surface area contributed by atoms with Crippen molar-refractivity contribution in [3.8, 4) is 11.1 Å². The van der Waals surface area contributed by atoms with Gasteiger partial charge in [-0.2, -0.15) is 0 Å². The molecular formula is C25H22FN3O. The minimum atomic E-state index is -0.324. The lowest BCUT2D eigenvalue weighted by Gasteiger charge is -2.16. The molecule has 0 N–H and O–H groups in total. The van der Waals surface area contributed by atoms with Crippen molar-refractivity contribution in [3.63, 3.8) is 0 Å². The summed E-state index contributed by atoms with van der Waals surface area (Å²) >= 11 is 0. The normalized spacial score (nSPS) is 12.5. The molecule has 0 unspecified atom stereocenters. The third-order valence-corrected chi connectivity index (χ3v) is 5.12. The summed E-state index contributed by atoms with van der Waals surface area (Å²) in [5, 5.41) is 0.980. The Bertz CT molecular complexity index is 1220. The minimum absolute atomic E-state index is 0.105. The van der Waals surface area contributed by atoms with E-state index in [1.807, 2.05) is 50.2 Å². The van der Waals surface area contributed by atoms with Gasteiger partial charge in [0.1, 0.15) is 5.82 Å². The lowest BCUT2D eigenvalue weighted by atomic mass is 10.00. The first kappa shape index (κ1) is 19.7. The number of pyridine rings is 2. The van der Waals surface area contributed by atoms with Crippen LogP contribution in [0, 0.1) is 5.82 Å². The number of carbonyl (C=O) groups is 1. The second kappa shape index (κ2) is 8.41. The quantitative estimate of drug-likeness (QED) is 0.449. The number of fused-ring (bicyclic) bond motifs is 2. The molecule has 0 fully saturated rings. The van der Waals surface area contributed by atoms with E-state index >= 15 is 0 Å². The van der Waals surface area contributed by atoms with Gasteiger partial charge in [0.15, 0.2) is 0 Å². The topological polar surface area (TPSA) is 46.1 Å². The van der Waals surface area contributed by atoms with Gasteiger partial charge in [0.25, 0.3) is 5.91 Å². The van der Waals surface area contributed by atoms with Crippen LogP contribution in [0.4, 0.5) is 4.39 Å². The summed E-state index contributed by atoms with van der Waals surface area (Å²) < 4.78 is 14.9. The second-order valence-electron chi connectivity index (χ2n) is 6.84. The number of halogens is 1. The van der Waals surface area contributed by atoms with E-state index in [0.29, 0.717) is 17.7 Å². The Kier molecular flexibility index (Phi) is 5.53. The Labute approximate surface area is 175 Å². The largest absolute Gasteiger partial charge is 0.328 e. The lowest BCUT2D eigenvalue weighted by Crippen LogP contribution is -2.23. The predicted octanol–water partition coefficient (Wildman–Crippen LogP) is 5.62. The molecule has 1 aliphatic rings. The van der Waals surface area contributed by atoms with Crippen molar-refractivity contribution in [3.05, 3.63) is 95.7 Å². The van der Waals surface area contributed by atoms with Gasteiger partial charge in [-0.05, 0) is 41.5 Å². The highest BCUT2D eigenvalue weighted by Gasteiger charge is 2.28. The Morgan fingerprint density at radius 2 is 1.77 bits per heavy atom. The minimum Gasteiger partial charge on any atom is -0.328 e. The van der Waals surface area contributed by atoms with Crippen LogP contribution in [0.1, 0.15) is 35.5 Å². The van der Waals surface area contributed by atoms with Gasteiger partial charge in [-0.1, -0.05) is 44.2 Å². The fourth-order valence-corrected chi connectivity index (χ4v) is 3.71. The summed E-state index contributed by atoms with van der Waals surface area (Å²) in [5.74, 6) is -0.429. The van der Waals surface area contributed by atoms with Crippen molar-refractivity contribution in [2.24, 2.45) is 0 Å². The summed E-state index contributed by atoms with van der Waals surface area (Å²) in [6.07, 6.45) is 3.40. The monoisotopic (exact) mass is 399 g/mol. The van der Waals surface area contributed by atoms with Crippen molar-refractivity contribution in [1.82, 2.24) is 14.9 Å². The molecule has 0 aliphatic carbocycles. The van der Waals surface area contributed by atoms with Crippen LogP contribution >= 0.6 is 0 Å². The van der Waals surface area contributed by atoms with Crippen molar-refractivity contribution >= 4 is 16.8 Å². The van der Waals surface area contributed by atoms with Crippen LogP contribution in [0.3, 0.4) is 0 Å². The molecule has 2 aromatic carbocycles. The smallest absolute Gasteiger partial charge is 0.256 e. The number of nitrogens with zero attached hydrogens (tertiary/aromatic N) is 3. The maximum absolute atomic E-state index is 14.9. The molecule has 0 atom stereocenters. The molecule has 0 saturated carbocycles. The summed E-state index contributed by atoms with van der Waals surface area (Å²) in [4.78, 5) is 22.7. The molecule has 4 aromatic rings. The summed E-state index contributed by atoms with van der Waals surface area (Å²) in [5.41, 5.74) is 4.43. The molecule has 5 heteroatoms. The number of rotatable bonds is 3. The maximum Gasteiger partial charge on any atom is 0.256 e. The fourth-order valence-electron chi connectivity index (χ4n) is 3.71. The molecule has 0 spiro atoms. The molecule has 3 heterocycles. The van der Waals surface area contributed by atoms with E-state index in [1.165, 1.54) is 6.07 Å². The van der Waals surface area contributed by atoms with E-state index in [0.717, 1.165) is 27.7 Å². The van der Waals surface area contributed by atoms with Crippen LogP contribution in [0.2, 0.25) is 0 Å². The third kappa shape index (κ3) is 3.54. The molecule has 0 saturated heterocycles. The van der Waals surface area contributed by atoms with Gasteiger partial charge in [0.2, 0.25) is 0 Å². The van der Waals surface area contributed by atoms with E-state index in [2.05, 4.69) is 9.97 Å². The fraction of sp³-hybridized carbons (Fsp3) is 0.160. The van der Waals surface area contributed by atoms with Crippen LogP contribution in [0.15, 0.2) is 73.1 Å². The van der Waals surface area contributed by atoms with Gasteiger partial charge in [0, 0.05) is 29.9 Å². The highest BCUT2D eigenvalue weighted by Crippen LogP contribution is 2.30. The number of aromatic nitrogens is 2. The van der Waals surface area contributed by atoms with Gasteiger partial charge < -0.3 is 4.90 Å². The molecule has 0 radical (unpaired) electrons. The van der Waals surface area contributed by atoms with Gasteiger partial charge in [-0.25, -0.2) is 4.39 Å². The Balaban J connectivity index is 0.00000106. The Morgan fingerprint density at radius 3 is 2.57 bits per heavy atom. The molecule has 5 rings (SSSR count). The van der Waals surface area contributed by atoms with Crippen molar-refractivity contribution in [1.29, 1.82) is 0 Å². The molecule has 1 amide bonds. The number of benzene rings is 2. The van der Waals surface area contributed by atoms with Crippen molar-refractivity contribution < 1.29 is 9.18 Å². The average Bonchev–Trinajstić information content (AvgIpc) is 3.11. The first-order valence-electron chi connectivity index (χ1n) is 10.1. The van der Waals surface area contributed by atoms with Gasteiger partial charge in [-0.15, -0.1) is 0 Å². The van der Waals surface area contributed by atoms with Gasteiger partial charge >= 0.3 is 0 Å². The zero-order valence-corrected chi connectivity index (χ0v) is 17.0. The Morgan fingerprint density at radius 1 is 0.933 bits per heavy atom. The van der Waals surface area contributed by atoms with Gasteiger partial charge in [-0.3, -0.25) is 14.8 Å². The first-order valence-corrected chi connectivity index (χ1v) is 10.1. The molecule has 1 aliphatic heterocycles. The highest BCUT2D eigenvalue weighted by molar-refractivity contribution is 5.97. The summed E-state index contributed by atoms with van der Waals surface area (Å²) in [7, 11) is 0. The zero-order valence-electron chi connectivity index (χ0n) is 17.0. The van der Waals surface area contributed by atoms with Crippen LogP contribution in [-0.2, 0) is 13.1 Å². The van der Waals surface area contributed by atoms with Crippen LogP contribution in [-0.4, -0.2) is 20.8 Å². The summed E-state index contributed by atoms with van der Waals surface area (Å²) in [6.45, 7) is 4.63. The molecule has 150 valence electrons. The van der Waals surface area contributed by atoms with Crippen molar-refractivity contribution in [2.45, 2.75) is 26.9 Å². The van der Waals surface area contributed by atoms with E-state index < -0.39 is 0 Å². The average molecular weight is 399 g/mol. The second-order valence-corrected chi connectivity index (χ2v) is 6.84. The number of para-hydroxylation sites is 1. The standard InChI is InChI=1S/C23H16FN3O.C2H6/c24-20-12-15(17-9-11-26-21-6-2-1-4-18(17)21)7-8-16(20)13-27-14-22-19(23(27)28)5-3-10-25-22;1-2/h1-12H,13-14H2;1-2H3. The van der Waals surface area contributed by atoms with Gasteiger partial charge in [0.05, 0.1) is 23.3 Å². The molecule has 2 aromatic heterocycles. The predicted molar refractivity (Wildman–Crippen MR) is 116 cm³/mol. The van der Waals surface area contributed by atoms with E-state index in [1.54, 1.807) is 35.5 Å². The highest BCUT2D eigenvalue weighted by atomic mass is 19.1. The SMILES string of the molecule is CC.O=C1c2cccnc2CN1Cc1ccc(-c2ccnc3ccccc23)cc1F. The molecule has 30 heavy (non-hydrogen) atoms. The van der Waals surface area contributed by atoms with E-state index in [4.69, 9.17) is 0 Å². The van der Waals surface area contributed by atoms with Crippen molar-refractivity contribution in [2.75, 3.05) is 0 Å². The number of hydrogen-bond donors (Lipinski definition) is 0. The maximum atomic E-state index is 14.9. The first-order chi connectivity index (χ1) is 14.7. The van der Waals surface area contributed by atoms with E-state index in [-0.39, 0.29) is 18.3 Å². The van der Waals surface area contributed by atoms with E-state index in [9.17, 15) is 9.18 Å². The lowest BCUT2D eigenvalue weighted by molar-refractivity contribution is 0.0765. The number of carbonyl (C=O) groups excluding carboxylic acids is 1. The van der Waals surface area contributed by atoms with Crippen LogP contribution < -0.4 is 0 Å². The zero-order chi connectivity index (χ0) is 21.1. The number of hydrogen-bond acceptors (Lipinski definition) is 3.